The number of para-hydroxylation sites is 2. The van der Waals surface area contributed by atoms with Gasteiger partial charge in [0.1, 0.15) is 18.5 Å². The molecule has 1 atom stereocenters. The van der Waals surface area contributed by atoms with Gasteiger partial charge in [-0.05, 0) is 31.4 Å². The molecule has 0 spiro atoms. The SMILES string of the molecule is O=C(CCCn1cncn1)N1CCC[C@@H](c2nc3ccccc3[nH]2)C1. The first-order chi connectivity index (χ1) is 12.3. The Morgan fingerprint density at radius 2 is 2.24 bits per heavy atom. The lowest BCUT2D eigenvalue weighted by atomic mass is 9.97. The number of carbonyl (C=O) groups excluding carboxylic acids is 1. The van der Waals surface area contributed by atoms with Gasteiger partial charge >= 0.3 is 0 Å². The van der Waals surface area contributed by atoms with Gasteiger partial charge in [0, 0.05) is 32.0 Å². The first kappa shape index (κ1) is 15.8. The maximum Gasteiger partial charge on any atom is 0.222 e. The molecule has 2 aromatic heterocycles. The van der Waals surface area contributed by atoms with Crippen molar-refractivity contribution in [3.63, 3.8) is 0 Å². The Hall–Kier alpha value is -2.70. The van der Waals surface area contributed by atoms with E-state index in [1.807, 2.05) is 29.2 Å². The molecule has 4 rings (SSSR count). The molecule has 3 heterocycles. The van der Waals surface area contributed by atoms with E-state index in [2.05, 4.69) is 15.1 Å². The molecule has 25 heavy (non-hydrogen) atoms. The molecule has 7 heteroatoms. The topological polar surface area (TPSA) is 79.7 Å². The summed E-state index contributed by atoms with van der Waals surface area (Å²) in [7, 11) is 0. The molecule has 1 fully saturated rings. The van der Waals surface area contributed by atoms with Gasteiger partial charge in [-0.25, -0.2) is 9.97 Å². The number of fused-ring (bicyclic) bond motifs is 1. The number of amides is 1. The van der Waals surface area contributed by atoms with E-state index in [-0.39, 0.29) is 5.91 Å². The smallest absolute Gasteiger partial charge is 0.222 e. The lowest BCUT2D eigenvalue weighted by Crippen LogP contribution is -2.39. The summed E-state index contributed by atoms with van der Waals surface area (Å²) in [4.78, 5) is 26.6. The van der Waals surface area contributed by atoms with Gasteiger partial charge in [-0.15, -0.1) is 0 Å². The molecule has 1 aliphatic heterocycles. The summed E-state index contributed by atoms with van der Waals surface area (Å²) in [6.45, 7) is 2.33. The van der Waals surface area contributed by atoms with Crippen molar-refractivity contribution in [2.24, 2.45) is 0 Å². The van der Waals surface area contributed by atoms with Crippen LogP contribution in [0.25, 0.3) is 11.0 Å². The van der Waals surface area contributed by atoms with Crippen LogP contribution in [-0.4, -0.2) is 48.6 Å². The van der Waals surface area contributed by atoms with Crippen LogP contribution in [0.2, 0.25) is 0 Å². The fraction of sp³-hybridized carbons (Fsp3) is 0.444. The van der Waals surface area contributed by atoms with Crippen LogP contribution in [0.4, 0.5) is 0 Å². The molecule has 1 aliphatic rings. The maximum absolute atomic E-state index is 12.5. The maximum atomic E-state index is 12.5. The molecule has 1 N–H and O–H groups in total. The van der Waals surface area contributed by atoms with E-state index in [0.717, 1.165) is 55.8 Å². The summed E-state index contributed by atoms with van der Waals surface area (Å²) in [5.41, 5.74) is 2.06. The highest BCUT2D eigenvalue weighted by molar-refractivity contribution is 5.76. The highest BCUT2D eigenvalue weighted by Crippen LogP contribution is 2.27. The molecule has 1 saturated heterocycles. The molecular formula is C18H22N6O. The molecule has 0 aliphatic carbocycles. The number of nitrogens with zero attached hydrogens (tertiary/aromatic N) is 5. The van der Waals surface area contributed by atoms with Gasteiger partial charge in [0.05, 0.1) is 11.0 Å². The van der Waals surface area contributed by atoms with E-state index in [4.69, 9.17) is 4.98 Å². The van der Waals surface area contributed by atoms with Gasteiger partial charge in [-0.1, -0.05) is 12.1 Å². The zero-order chi connectivity index (χ0) is 17.1. The number of nitrogens with one attached hydrogen (secondary N) is 1. The molecule has 130 valence electrons. The summed E-state index contributed by atoms with van der Waals surface area (Å²) in [6.07, 6.45) is 6.63. The average Bonchev–Trinajstić information content (AvgIpc) is 3.31. The van der Waals surface area contributed by atoms with Crippen LogP contribution in [0.3, 0.4) is 0 Å². The number of hydrogen-bond acceptors (Lipinski definition) is 4. The number of likely N-dealkylation sites (tertiary alicyclic amines) is 1. The fourth-order valence-electron chi connectivity index (χ4n) is 3.49. The molecule has 1 amide bonds. The number of aromatic nitrogens is 5. The quantitative estimate of drug-likeness (QED) is 0.774. The fourth-order valence-corrected chi connectivity index (χ4v) is 3.49. The minimum atomic E-state index is 0.223. The van der Waals surface area contributed by atoms with E-state index < -0.39 is 0 Å². The Labute approximate surface area is 146 Å². The van der Waals surface area contributed by atoms with E-state index >= 15 is 0 Å². The number of H-pyrrole nitrogens is 1. The molecule has 0 saturated carbocycles. The number of rotatable bonds is 5. The van der Waals surface area contributed by atoms with Crippen molar-refractivity contribution in [3.05, 3.63) is 42.7 Å². The number of piperidine rings is 1. The van der Waals surface area contributed by atoms with Crippen LogP contribution in [0.5, 0.6) is 0 Å². The van der Waals surface area contributed by atoms with Gasteiger partial charge in [0.15, 0.2) is 0 Å². The van der Waals surface area contributed by atoms with Crippen LogP contribution >= 0.6 is 0 Å². The predicted octanol–water partition coefficient (Wildman–Crippen LogP) is 2.34. The molecule has 0 bridgehead atoms. The lowest BCUT2D eigenvalue weighted by molar-refractivity contribution is -0.132. The average molecular weight is 338 g/mol. The number of carbonyl (C=O) groups is 1. The van der Waals surface area contributed by atoms with Gasteiger partial charge in [0.2, 0.25) is 5.91 Å². The van der Waals surface area contributed by atoms with Gasteiger partial charge in [-0.3, -0.25) is 9.48 Å². The van der Waals surface area contributed by atoms with E-state index in [0.29, 0.717) is 12.3 Å². The second-order valence-corrected chi connectivity index (χ2v) is 6.58. The van der Waals surface area contributed by atoms with Crippen molar-refractivity contribution in [2.45, 2.75) is 38.1 Å². The van der Waals surface area contributed by atoms with Crippen LogP contribution < -0.4 is 0 Å². The summed E-state index contributed by atoms with van der Waals surface area (Å²) in [5, 5.41) is 4.07. The molecule has 0 radical (unpaired) electrons. The van der Waals surface area contributed by atoms with Crippen molar-refractivity contribution in [3.8, 4) is 0 Å². The minimum Gasteiger partial charge on any atom is -0.342 e. The first-order valence-electron chi connectivity index (χ1n) is 8.84. The third kappa shape index (κ3) is 3.55. The number of aryl methyl sites for hydroxylation is 1. The summed E-state index contributed by atoms with van der Waals surface area (Å²) in [6, 6.07) is 8.07. The summed E-state index contributed by atoms with van der Waals surface area (Å²) in [5.74, 6) is 1.52. The van der Waals surface area contributed by atoms with Gasteiger partial charge in [0.25, 0.3) is 0 Å². The van der Waals surface area contributed by atoms with Crippen molar-refractivity contribution < 1.29 is 4.79 Å². The molecular weight excluding hydrogens is 316 g/mol. The number of hydrogen-bond donors (Lipinski definition) is 1. The number of benzene rings is 1. The molecule has 7 nitrogen and oxygen atoms in total. The summed E-state index contributed by atoms with van der Waals surface area (Å²) < 4.78 is 1.76. The Balaban J connectivity index is 1.36. The Kier molecular flexibility index (Phi) is 4.45. The molecule has 3 aromatic rings. The highest BCUT2D eigenvalue weighted by atomic mass is 16.2. The monoisotopic (exact) mass is 338 g/mol. The third-order valence-electron chi connectivity index (χ3n) is 4.81. The largest absolute Gasteiger partial charge is 0.342 e. The number of imidazole rings is 1. The Morgan fingerprint density at radius 1 is 1.32 bits per heavy atom. The minimum absolute atomic E-state index is 0.223. The van der Waals surface area contributed by atoms with E-state index in [9.17, 15) is 4.79 Å². The zero-order valence-corrected chi connectivity index (χ0v) is 14.1. The normalized spacial score (nSPS) is 17.9. The van der Waals surface area contributed by atoms with E-state index in [1.54, 1.807) is 11.0 Å². The number of aromatic amines is 1. The Morgan fingerprint density at radius 3 is 3.08 bits per heavy atom. The van der Waals surface area contributed by atoms with Crippen molar-refractivity contribution in [1.82, 2.24) is 29.6 Å². The van der Waals surface area contributed by atoms with Crippen LogP contribution in [0.1, 0.15) is 37.4 Å². The van der Waals surface area contributed by atoms with Crippen molar-refractivity contribution in [2.75, 3.05) is 13.1 Å². The highest BCUT2D eigenvalue weighted by Gasteiger charge is 2.26. The summed E-state index contributed by atoms with van der Waals surface area (Å²) >= 11 is 0. The second-order valence-electron chi connectivity index (χ2n) is 6.58. The first-order valence-corrected chi connectivity index (χ1v) is 8.84. The lowest BCUT2D eigenvalue weighted by Gasteiger charge is -2.32. The predicted molar refractivity (Wildman–Crippen MR) is 93.9 cm³/mol. The molecule has 0 unspecified atom stereocenters. The third-order valence-corrected chi connectivity index (χ3v) is 4.81. The standard InChI is InChI=1S/C18H22N6O/c25-17(8-4-10-24-13-19-12-20-24)23-9-3-5-14(11-23)18-21-15-6-1-2-7-16(15)22-18/h1-2,6-7,12-14H,3-5,8-11H2,(H,21,22)/t14-/m1/s1. The second kappa shape index (κ2) is 7.04. The van der Waals surface area contributed by atoms with Crippen molar-refractivity contribution in [1.29, 1.82) is 0 Å². The van der Waals surface area contributed by atoms with Crippen LogP contribution in [0.15, 0.2) is 36.9 Å². The molecule has 1 aromatic carbocycles. The van der Waals surface area contributed by atoms with Crippen LogP contribution in [0, 0.1) is 0 Å². The van der Waals surface area contributed by atoms with Gasteiger partial charge in [-0.2, -0.15) is 5.10 Å². The van der Waals surface area contributed by atoms with Crippen molar-refractivity contribution >= 4 is 16.9 Å². The van der Waals surface area contributed by atoms with Crippen LogP contribution in [-0.2, 0) is 11.3 Å². The Bertz CT molecular complexity index is 807. The zero-order valence-electron chi connectivity index (χ0n) is 14.1. The van der Waals surface area contributed by atoms with Gasteiger partial charge < -0.3 is 9.88 Å². The van der Waals surface area contributed by atoms with E-state index in [1.165, 1.54) is 6.33 Å².